The summed E-state index contributed by atoms with van der Waals surface area (Å²) in [5.41, 5.74) is 5.04. The van der Waals surface area contributed by atoms with Gasteiger partial charge < -0.3 is 10.5 Å². The summed E-state index contributed by atoms with van der Waals surface area (Å²) in [6, 6.07) is 0. The summed E-state index contributed by atoms with van der Waals surface area (Å²) < 4.78 is 4.79. The molecule has 0 saturated heterocycles. The molecule has 0 aromatic carbocycles. The van der Waals surface area contributed by atoms with E-state index in [0.29, 0.717) is 6.61 Å². The minimum absolute atomic E-state index is 0. The number of hydrogen-bond donors (Lipinski definition) is 1. The molecule has 0 unspecified atom stereocenters. The molecule has 0 atom stereocenters. The van der Waals surface area contributed by atoms with E-state index in [4.69, 9.17) is 10.5 Å². The molecular weight excluding hydrogens is 181 g/mol. The van der Waals surface area contributed by atoms with Crippen LogP contribution in [0.4, 0.5) is 0 Å². The molecule has 0 spiro atoms. The van der Waals surface area contributed by atoms with Gasteiger partial charge in [-0.05, 0) is 18.6 Å². The van der Waals surface area contributed by atoms with Crippen molar-refractivity contribution in [3.05, 3.63) is 0 Å². The van der Waals surface area contributed by atoms with Gasteiger partial charge in [0.1, 0.15) is 0 Å². The van der Waals surface area contributed by atoms with Crippen LogP contribution in [0.5, 0.6) is 0 Å². The standard InChI is InChI=1S/C5H11NOS.Ni/c1-2-3-4-7-5(6)8;/h2-4H2,1H3,(H2,6,8);. The van der Waals surface area contributed by atoms with E-state index in [2.05, 4.69) is 19.1 Å². The van der Waals surface area contributed by atoms with Crippen molar-refractivity contribution in [3.63, 3.8) is 0 Å². The fraction of sp³-hybridized carbons (Fsp3) is 0.800. The Labute approximate surface area is 71.1 Å². The predicted octanol–water partition coefficient (Wildman–Crippen LogP) is 1.04. The van der Waals surface area contributed by atoms with Crippen molar-refractivity contribution in [2.24, 2.45) is 5.73 Å². The Morgan fingerprint density at radius 2 is 2.22 bits per heavy atom. The van der Waals surface area contributed by atoms with Crippen molar-refractivity contribution in [3.8, 4) is 0 Å². The summed E-state index contributed by atoms with van der Waals surface area (Å²) in [5, 5.41) is 0.151. The molecule has 0 rings (SSSR count). The summed E-state index contributed by atoms with van der Waals surface area (Å²) >= 11 is 4.46. The number of thiocarbonyl (C=S) groups is 1. The Kier molecular flexibility index (Phi) is 10.8. The zero-order chi connectivity index (χ0) is 6.41. The molecule has 0 radical (unpaired) electrons. The number of rotatable bonds is 3. The van der Waals surface area contributed by atoms with Crippen LogP contribution >= 0.6 is 12.2 Å². The van der Waals surface area contributed by atoms with Gasteiger partial charge in [-0.25, -0.2) is 0 Å². The molecule has 2 nitrogen and oxygen atoms in total. The van der Waals surface area contributed by atoms with Gasteiger partial charge in [-0.3, -0.25) is 0 Å². The van der Waals surface area contributed by atoms with Crippen molar-refractivity contribution in [2.45, 2.75) is 19.8 Å². The Hall–Kier alpha value is 0.184. The largest absolute Gasteiger partial charge is 0.471 e. The SMILES string of the molecule is CCCCOC(N)=S.[Ni]. The van der Waals surface area contributed by atoms with Crippen LogP contribution in [0.3, 0.4) is 0 Å². The molecule has 9 heavy (non-hydrogen) atoms. The first-order valence-electron chi connectivity index (χ1n) is 2.69. The van der Waals surface area contributed by atoms with Gasteiger partial charge >= 0.3 is 0 Å². The summed E-state index contributed by atoms with van der Waals surface area (Å²) in [4.78, 5) is 0. The zero-order valence-electron chi connectivity index (χ0n) is 5.33. The molecule has 0 fully saturated rings. The third-order valence-electron chi connectivity index (χ3n) is 0.742. The molecule has 0 heterocycles. The average molecular weight is 192 g/mol. The maximum absolute atomic E-state index is 5.04. The molecule has 0 aromatic rings. The van der Waals surface area contributed by atoms with E-state index in [1.165, 1.54) is 0 Å². The van der Waals surface area contributed by atoms with Gasteiger partial charge in [0.05, 0.1) is 6.61 Å². The van der Waals surface area contributed by atoms with Crippen LogP contribution in [-0.2, 0) is 21.2 Å². The van der Waals surface area contributed by atoms with Crippen LogP contribution in [0.25, 0.3) is 0 Å². The fourth-order valence-electron chi connectivity index (χ4n) is 0.317. The molecule has 2 N–H and O–H groups in total. The number of unbranched alkanes of at least 4 members (excludes halogenated alkanes) is 1. The van der Waals surface area contributed by atoms with E-state index in [0.717, 1.165) is 12.8 Å². The van der Waals surface area contributed by atoms with Crippen LogP contribution in [-0.4, -0.2) is 11.8 Å². The molecule has 0 saturated carbocycles. The second-order valence-corrected chi connectivity index (χ2v) is 1.92. The molecule has 0 aromatic heterocycles. The first kappa shape index (κ1) is 11.9. The predicted molar refractivity (Wildman–Crippen MR) is 37.6 cm³/mol. The number of nitrogens with two attached hydrogens (primary N) is 1. The third kappa shape index (κ3) is 11.6. The molecule has 0 amide bonds. The van der Waals surface area contributed by atoms with E-state index in [1.807, 2.05) is 0 Å². The summed E-state index contributed by atoms with van der Waals surface area (Å²) in [6.45, 7) is 2.74. The Balaban J connectivity index is 0. The van der Waals surface area contributed by atoms with Crippen molar-refractivity contribution in [1.82, 2.24) is 0 Å². The van der Waals surface area contributed by atoms with Gasteiger partial charge in [-0.2, -0.15) is 0 Å². The van der Waals surface area contributed by atoms with Gasteiger partial charge in [-0.15, -0.1) is 0 Å². The smallest absolute Gasteiger partial charge is 0.253 e. The van der Waals surface area contributed by atoms with Crippen LogP contribution in [0.2, 0.25) is 0 Å². The van der Waals surface area contributed by atoms with Crippen molar-refractivity contribution < 1.29 is 21.2 Å². The van der Waals surface area contributed by atoms with Crippen molar-refractivity contribution in [1.29, 1.82) is 0 Å². The summed E-state index contributed by atoms with van der Waals surface area (Å²) in [7, 11) is 0. The molecule has 4 heteroatoms. The maximum atomic E-state index is 5.04. The third-order valence-corrected chi connectivity index (χ3v) is 0.860. The van der Waals surface area contributed by atoms with Crippen LogP contribution < -0.4 is 5.73 Å². The van der Waals surface area contributed by atoms with E-state index in [-0.39, 0.29) is 21.7 Å². The van der Waals surface area contributed by atoms with Crippen molar-refractivity contribution >= 4 is 17.4 Å². The van der Waals surface area contributed by atoms with Crippen LogP contribution in [0.1, 0.15) is 19.8 Å². The molecule has 0 aliphatic heterocycles. The summed E-state index contributed by atoms with van der Waals surface area (Å²) in [6.07, 6.45) is 2.14. The Morgan fingerprint density at radius 3 is 2.56 bits per heavy atom. The van der Waals surface area contributed by atoms with Gasteiger partial charge in [0.2, 0.25) is 0 Å². The molecule has 0 aliphatic carbocycles. The molecular formula is C5H11NNiOS. The van der Waals surface area contributed by atoms with Crippen molar-refractivity contribution in [2.75, 3.05) is 6.61 Å². The van der Waals surface area contributed by atoms with E-state index in [9.17, 15) is 0 Å². The maximum Gasteiger partial charge on any atom is 0.253 e. The van der Waals surface area contributed by atoms with Gasteiger partial charge in [0, 0.05) is 16.5 Å². The quantitative estimate of drug-likeness (QED) is 0.412. The minimum atomic E-state index is 0. The fourth-order valence-corrected chi connectivity index (χ4v) is 0.400. The second-order valence-electron chi connectivity index (χ2n) is 1.52. The first-order valence-corrected chi connectivity index (χ1v) is 3.10. The first-order chi connectivity index (χ1) is 3.77. The number of hydrogen-bond acceptors (Lipinski definition) is 2. The monoisotopic (exact) mass is 191 g/mol. The van der Waals surface area contributed by atoms with E-state index in [1.54, 1.807) is 0 Å². The van der Waals surface area contributed by atoms with Gasteiger partial charge in [0.15, 0.2) is 0 Å². The Morgan fingerprint density at radius 1 is 1.67 bits per heavy atom. The number of ether oxygens (including phenoxy) is 1. The van der Waals surface area contributed by atoms with Gasteiger partial charge in [0.25, 0.3) is 5.17 Å². The van der Waals surface area contributed by atoms with Crippen LogP contribution in [0.15, 0.2) is 0 Å². The Bertz CT molecular complexity index is 79.4. The normalized spacial score (nSPS) is 7.67. The zero-order valence-corrected chi connectivity index (χ0v) is 7.14. The molecule has 58 valence electrons. The average Bonchev–Trinajstić information content (AvgIpc) is 1.66. The second kappa shape index (κ2) is 8.18. The van der Waals surface area contributed by atoms with E-state index >= 15 is 0 Å². The molecule has 0 bridgehead atoms. The topological polar surface area (TPSA) is 35.2 Å². The van der Waals surface area contributed by atoms with Gasteiger partial charge in [-0.1, -0.05) is 13.3 Å². The van der Waals surface area contributed by atoms with E-state index < -0.39 is 0 Å². The minimum Gasteiger partial charge on any atom is -0.471 e. The van der Waals surface area contributed by atoms with Crippen LogP contribution in [0, 0.1) is 0 Å². The summed E-state index contributed by atoms with van der Waals surface area (Å²) in [5.74, 6) is 0. The molecule has 0 aliphatic rings.